The molecule has 0 radical (unpaired) electrons. The zero-order valence-corrected chi connectivity index (χ0v) is 12.3. The highest BCUT2D eigenvalue weighted by Gasteiger charge is 2.03. The van der Waals surface area contributed by atoms with Gasteiger partial charge in [0.15, 0.2) is 0 Å². The monoisotopic (exact) mass is 264 g/mol. The zero-order chi connectivity index (χ0) is 14.3. The highest BCUT2D eigenvalue weighted by Crippen LogP contribution is 2.14. The fourth-order valence-electron chi connectivity index (χ4n) is 1.65. The Morgan fingerprint density at radius 2 is 2.11 bits per heavy atom. The van der Waals surface area contributed by atoms with Crippen LogP contribution in [0.3, 0.4) is 0 Å². The normalized spacial score (nSPS) is 10.6. The van der Waals surface area contributed by atoms with E-state index in [9.17, 15) is 4.79 Å². The van der Waals surface area contributed by atoms with Crippen LogP contribution in [0.1, 0.15) is 25.8 Å². The van der Waals surface area contributed by atoms with Crippen LogP contribution in [0, 0.1) is 0 Å². The van der Waals surface area contributed by atoms with Crippen molar-refractivity contribution in [1.82, 2.24) is 10.2 Å². The number of hydrogen-bond acceptors (Lipinski definition) is 3. The average Bonchev–Trinajstić information content (AvgIpc) is 2.34. The van der Waals surface area contributed by atoms with Crippen molar-refractivity contribution in [2.24, 2.45) is 0 Å². The molecule has 1 rings (SSSR count). The second-order valence-electron chi connectivity index (χ2n) is 5.03. The molecular weight excluding hydrogens is 240 g/mol. The Bertz CT molecular complexity index is 403. The Balaban J connectivity index is 2.35. The Morgan fingerprint density at radius 3 is 2.74 bits per heavy atom. The molecule has 1 aromatic rings. The number of nitrogens with zero attached hydrogens (tertiary/aromatic N) is 1. The van der Waals surface area contributed by atoms with E-state index in [1.807, 2.05) is 38.1 Å². The van der Waals surface area contributed by atoms with E-state index in [1.54, 1.807) is 19.0 Å². The molecule has 0 atom stereocenters. The SMILES string of the molecule is CC(C)Oc1cccc(CNCCC(=O)N(C)C)c1. The van der Waals surface area contributed by atoms with Gasteiger partial charge in [0.05, 0.1) is 6.10 Å². The van der Waals surface area contributed by atoms with Crippen molar-refractivity contribution in [3.05, 3.63) is 29.8 Å². The van der Waals surface area contributed by atoms with E-state index in [2.05, 4.69) is 5.32 Å². The highest BCUT2D eigenvalue weighted by molar-refractivity contribution is 5.75. The summed E-state index contributed by atoms with van der Waals surface area (Å²) in [5.74, 6) is 1.03. The van der Waals surface area contributed by atoms with Crippen molar-refractivity contribution in [2.45, 2.75) is 32.9 Å². The first-order chi connectivity index (χ1) is 8.99. The number of carbonyl (C=O) groups is 1. The van der Waals surface area contributed by atoms with Gasteiger partial charge in [0.2, 0.25) is 5.91 Å². The van der Waals surface area contributed by atoms with Crippen molar-refractivity contribution in [2.75, 3.05) is 20.6 Å². The van der Waals surface area contributed by atoms with Gasteiger partial charge in [-0.05, 0) is 31.5 Å². The van der Waals surface area contributed by atoms with Crippen molar-refractivity contribution < 1.29 is 9.53 Å². The molecule has 0 heterocycles. The molecule has 0 saturated carbocycles. The standard InChI is InChI=1S/C15H24N2O2/c1-12(2)19-14-7-5-6-13(10-14)11-16-9-8-15(18)17(3)4/h5-7,10,12,16H,8-9,11H2,1-4H3. The summed E-state index contributed by atoms with van der Waals surface area (Å²) in [5.41, 5.74) is 1.16. The molecule has 0 fully saturated rings. The maximum atomic E-state index is 11.4. The fraction of sp³-hybridized carbons (Fsp3) is 0.533. The molecular formula is C15H24N2O2. The first-order valence-corrected chi connectivity index (χ1v) is 6.65. The van der Waals surface area contributed by atoms with E-state index in [0.29, 0.717) is 13.0 Å². The second kappa shape index (κ2) is 7.79. The first kappa shape index (κ1) is 15.5. The number of ether oxygens (including phenoxy) is 1. The summed E-state index contributed by atoms with van der Waals surface area (Å²) in [6.07, 6.45) is 0.704. The summed E-state index contributed by atoms with van der Waals surface area (Å²) in [6, 6.07) is 8.02. The van der Waals surface area contributed by atoms with Gasteiger partial charge in [-0.25, -0.2) is 0 Å². The van der Waals surface area contributed by atoms with Gasteiger partial charge in [-0.15, -0.1) is 0 Å². The molecule has 0 unspecified atom stereocenters. The Morgan fingerprint density at radius 1 is 1.37 bits per heavy atom. The lowest BCUT2D eigenvalue weighted by Gasteiger charge is -2.12. The molecule has 0 bridgehead atoms. The maximum absolute atomic E-state index is 11.4. The lowest BCUT2D eigenvalue weighted by Crippen LogP contribution is -2.26. The minimum Gasteiger partial charge on any atom is -0.491 e. The molecule has 1 amide bonds. The van der Waals surface area contributed by atoms with Crippen molar-refractivity contribution in [3.63, 3.8) is 0 Å². The van der Waals surface area contributed by atoms with Gasteiger partial charge in [0, 0.05) is 33.6 Å². The average molecular weight is 264 g/mol. The van der Waals surface area contributed by atoms with E-state index < -0.39 is 0 Å². The van der Waals surface area contributed by atoms with Crippen LogP contribution in [-0.2, 0) is 11.3 Å². The number of amides is 1. The largest absolute Gasteiger partial charge is 0.491 e. The zero-order valence-electron chi connectivity index (χ0n) is 12.3. The van der Waals surface area contributed by atoms with Gasteiger partial charge in [-0.3, -0.25) is 4.79 Å². The second-order valence-corrected chi connectivity index (χ2v) is 5.03. The predicted molar refractivity (Wildman–Crippen MR) is 77.2 cm³/mol. The number of benzene rings is 1. The molecule has 0 spiro atoms. The van der Waals surface area contributed by atoms with Gasteiger partial charge in [0.1, 0.15) is 5.75 Å². The predicted octanol–water partition coefficient (Wildman–Crippen LogP) is 2.04. The van der Waals surface area contributed by atoms with Crippen LogP contribution in [0.2, 0.25) is 0 Å². The van der Waals surface area contributed by atoms with Crippen LogP contribution in [0.4, 0.5) is 0 Å². The molecule has 1 N–H and O–H groups in total. The summed E-state index contributed by atoms with van der Waals surface area (Å²) in [6.45, 7) is 5.46. The molecule has 0 aliphatic heterocycles. The topological polar surface area (TPSA) is 41.6 Å². The van der Waals surface area contributed by atoms with Crippen molar-refractivity contribution in [1.29, 1.82) is 0 Å². The molecule has 1 aromatic carbocycles. The smallest absolute Gasteiger partial charge is 0.223 e. The van der Waals surface area contributed by atoms with Crippen LogP contribution in [0.5, 0.6) is 5.75 Å². The van der Waals surface area contributed by atoms with Crippen molar-refractivity contribution >= 4 is 5.91 Å². The molecule has 4 heteroatoms. The lowest BCUT2D eigenvalue weighted by atomic mass is 10.2. The van der Waals surface area contributed by atoms with Crippen LogP contribution in [-0.4, -0.2) is 37.6 Å². The maximum Gasteiger partial charge on any atom is 0.223 e. The minimum atomic E-state index is 0.143. The summed E-state index contributed by atoms with van der Waals surface area (Å²) >= 11 is 0. The van der Waals surface area contributed by atoms with Gasteiger partial charge in [-0.2, -0.15) is 0 Å². The molecule has 0 aliphatic carbocycles. The quantitative estimate of drug-likeness (QED) is 0.766. The van der Waals surface area contributed by atoms with Crippen LogP contribution in [0.15, 0.2) is 24.3 Å². The molecule has 0 saturated heterocycles. The van der Waals surface area contributed by atoms with E-state index in [-0.39, 0.29) is 12.0 Å². The third-order valence-electron chi connectivity index (χ3n) is 2.61. The third-order valence-corrected chi connectivity index (χ3v) is 2.61. The summed E-state index contributed by atoms with van der Waals surface area (Å²) in [7, 11) is 3.55. The minimum absolute atomic E-state index is 0.143. The van der Waals surface area contributed by atoms with Gasteiger partial charge < -0.3 is 15.0 Å². The molecule has 0 aromatic heterocycles. The van der Waals surface area contributed by atoms with E-state index in [4.69, 9.17) is 4.74 Å². The van der Waals surface area contributed by atoms with Gasteiger partial charge in [-0.1, -0.05) is 12.1 Å². The van der Waals surface area contributed by atoms with E-state index in [0.717, 1.165) is 17.9 Å². The Kier molecular flexibility index (Phi) is 6.36. The third kappa shape index (κ3) is 6.25. The number of carbonyl (C=O) groups excluding carboxylic acids is 1. The van der Waals surface area contributed by atoms with Crippen molar-refractivity contribution in [3.8, 4) is 5.75 Å². The number of rotatable bonds is 7. The summed E-state index contributed by atoms with van der Waals surface area (Å²) in [4.78, 5) is 13.0. The van der Waals surface area contributed by atoms with Gasteiger partial charge in [0.25, 0.3) is 0 Å². The lowest BCUT2D eigenvalue weighted by molar-refractivity contribution is -0.128. The highest BCUT2D eigenvalue weighted by atomic mass is 16.5. The molecule has 19 heavy (non-hydrogen) atoms. The van der Waals surface area contributed by atoms with Crippen LogP contribution in [0.25, 0.3) is 0 Å². The molecule has 0 aliphatic rings. The van der Waals surface area contributed by atoms with Crippen LogP contribution >= 0.6 is 0 Å². The van der Waals surface area contributed by atoms with E-state index in [1.165, 1.54) is 0 Å². The Hall–Kier alpha value is -1.55. The van der Waals surface area contributed by atoms with Gasteiger partial charge >= 0.3 is 0 Å². The summed E-state index contributed by atoms with van der Waals surface area (Å²) in [5, 5.41) is 3.26. The number of hydrogen-bond donors (Lipinski definition) is 1. The molecule has 106 valence electrons. The van der Waals surface area contributed by atoms with Crippen LogP contribution < -0.4 is 10.1 Å². The molecule has 4 nitrogen and oxygen atoms in total. The van der Waals surface area contributed by atoms with E-state index >= 15 is 0 Å². The first-order valence-electron chi connectivity index (χ1n) is 6.65. The number of nitrogens with one attached hydrogen (secondary N) is 1. The fourth-order valence-corrected chi connectivity index (χ4v) is 1.65. The Labute approximate surface area is 115 Å². The summed E-state index contributed by atoms with van der Waals surface area (Å²) < 4.78 is 5.64.